The van der Waals surface area contributed by atoms with E-state index in [4.69, 9.17) is 11.6 Å². The van der Waals surface area contributed by atoms with E-state index in [-0.39, 0.29) is 27.6 Å². The number of rotatable bonds is 2. The predicted octanol–water partition coefficient (Wildman–Crippen LogP) is 5.43. The SMILES string of the molecule is CC(C)c1c(F)cc(-c2cc(F)c(Cl)c3nn(C)cc23)cc1F. The molecule has 0 spiro atoms. The van der Waals surface area contributed by atoms with Crippen LogP contribution in [-0.4, -0.2) is 9.78 Å². The second-order valence-corrected chi connectivity index (χ2v) is 6.17. The van der Waals surface area contributed by atoms with Gasteiger partial charge in [0.15, 0.2) is 0 Å². The van der Waals surface area contributed by atoms with Gasteiger partial charge in [-0.15, -0.1) is 0 Å². The molecule has 0 atom stereocenters. The Bertz CT molecular complexity index is 893. The van der Waals surface area contributed by atoms with Crippen LogP contribution in [0.2, 0.25) is 5.02 Å². The van der Waals surface area contributed by atoms with Crippen molar-refractivity contribution in [3.63, 3.8) is 0 Å². The Labute approximate surface area is 136 Å². The normalized spacial score (nSPS) is 11.7. The lowest BCUT2D eigenvalue weighted by molar-refractivity contribution is 0.542. The maximum atomic E-state index is 14.3. The van der Waals surface area contributed by atoms with Gasteiger partial charge in [-0.1, -0.05) is 25.4 Å². The summed E-state index contributed by atoms with van der Waals surface area (Å²) in [4.78, 5) is 0. The Morgan fingerprint density at radius 1 is 1.04 bits per heavy atom. The lowest BCUT2D eigenvalue weighted by atomic mass is 9.95. The summed E-state index contributed by atoms with van der Waals surface area (Å²) >= 11 is 5.93. The van der Waals surface area contributed by atoms with Crippen molar-refractivity contribution in [1.29, 1.82) is 0 Å². The van der Waals surface area contributed by atoms with Gasteiger partial charge in [-0.3, -0.25) is 4.68 Å². The molecule has 0 aliphatic heterocycles. The quantitative estimate of drug-likeness (QED) is 0.609. The van der Waals surface area contributed by atoms with E-state index in [9.17, 15) is 13.2 Å². The van der Waals surface area contributed by atoms with E-state index in [0.29, 0.717) is 10.9 Å². The van der Waals surface area contributed by atoms with Crippen LogP contribution < -0.4 is 0 Å². The number of nitrogens with zero attached hydrogens (tertiary/aromatic N) is 2. The molecule has 0 unspecified atom stereocenters. The number of fused-ring (bicyclic) bond motifs is 1. The first-order chi connectivity index (χ1) is 10.8. The van der Waals surface area contributed by atoms with Crippen LogP contribution in [0.25, 0.3) is 22.0 Å². The minimum Gasteiger partial charge on any atom is -0.275 e. The fourth-order valence-electron chi connectivity index (χ4n) is 2.76. The van der Waals surface area contributed by atoms with Crippen LogP contribution in [0.1, 0.15) is 25.3 Å². The summed E-state index contributed by atoms with van der Waals surface area (Å²) in [6, 6.07) is 3.61. The monoisotopic (exact) mass is 338 g/mol. The van der Waals surface area contributed by atoms with Gasteiger partial charge in [0.1, 0.15) is 28.0 Å². The molecule has 120 valence electrons. The van der Waals surface area contributed by atoms with Crippen LogP contribution in [0, 0.1) is 17.5 Å². The highest BCUT2D eigenvalue weighted by Gasteiger charge is 2.19. The standard InChI is InChI=1S/C17H14ClF3N2/c1-8(2)15-12(19)4-9(5-13(15)20)10-6-14(21)16(18)17-11(10)7-23(3)22-17/h4-8H,1-3H3. The second-order valence-electron chi connectivity index (χ2n) is 5.79. The second kappa shape index (κ2) is 5.57. The lowest BCUT2D eigenvalue weighted by Gasteiger charge is -2.12. The molecule has 3 rings (SSSR count). The molecular weight excluding hydrogens is 325 g/mol. The van der Waals surface area contributed by atoms with Crippen LogP contribution in [0.15, 0.2) is 24.4 Å². The fourth-order valence-corrected chi connectivity index (χ4v) is 2.95. The molecule has 1 heterocycles. The molecule has 23 heavy (non-hydrogen) atoms. The molecular formula is C17H14ClF3N2. The number of benzene rings is 2. The Kier molecular flexibility index (Phi) is 3.84. The number of hydrogen-bond acceptors (Lipinski definition) is 1. The van der Waals surface area contributed by atoms with E-state index in [0.717, 1.165) is 0 Å². The van der Waals surface area contributed by atoms with Gasteiger partial charge in [-0.05, 0) is 35.2 Å². The number of aryl methyl sites for hydroxylation is 1. The molecule has 0 N–H and O–H groups in total. The third kappa shape index (κ3) is 2.59. The van der Waals surface area contributed by atoms with Gasteiger partial charge in [0.2, 0.25) is 0 Å². The first-order valence-electron chi connectivity index (χ1n) is 7.10. The van der Waals surface area contributed by atoms with Crippen LogP contribution in [0.3, 0.4) is 0 Å². The van der Waals surface area contributed by atoms with Gasteiger partial charge in [-0.25, -0.2) is 13.2 Å². The molecule has 3 aromatic rings. The van der Waals surface area contributed by atoms with Gasteiger partial charge in [0.25, 0.3) is 0 Å². The molecule has 0 fully saturated rings. The first-order valence-corrected chi connectivity index (χ1v) is 7.48. The van der Waals surface area contributed by atoms with E-state index in [1.165, 1.54) is 22.9 Å². The van der Waals surface area contributed by atoms with Crippen molar-refractivity contribution in [2.24, 2.45) is 7.05 Å². The first kappa shape index (κ1) is 15.9. The molecule has 6 heteroatoms. The summed E-state index contributed by atoms with van der Waals surface area (Å²) in [5.74, 6) is -2.27. The van der Waals surface area contributed by atoms with E-state index in [1.807, 2.05) is 0 Å². The molecule has 0 aliphatic rings. The van der Waals surface area contributed by atoms with Crippen molar-refractivity contribution < 1.29 is 13.2 Å². The smallest absolute Gasteiger partial charge is 0.144 e. The van der Waals surface area contributed by atoms with E-state index in [2.05, 4.69) is 5.10 Å². The zero-order chi connectivity index (χ0) is 16.9. The average molecular weight is 339 g/mol. The molecule has 0 bridgehead atoms. The Morgan fingerprint density at radius 3 is 2.22 bits per heavy atom. The van der Waals surface area contributed by atoms with Gasteiger partial charge >= 0.3 is 0 Å². The summed E-state index contributed by atoms with van der Waals surface area (Å²) in [6.07, 6.45) is 1.64. The van der Waals surface area contributed by atoms with Crippen LogP contribution in [-0.2, 0) is 7.05 Å². The summed E-state index contributed by atoms with van der Waals surface area (Å²) in [6.45, 7) is 3.42. The van der Waals surface area contributed by atoms with E-state index < -0.39 is 17.5 Å². The number of aromatic nitrogens is 2. The van der Waals surface area contributed by atoms with Crippen molar-refractivity contribution in [3.05, 3.63) is 52.4 Å². The van der Waals surface area contributed by atoms with Crippen molar-refractivity contribution in [1.82, 2.24) is 9.78 Å². The van der Waals surface area contributed by atoms with Crippen LogP contribution in [0.5, 0.6) is 0 Å². The summed E-state index contributed by atoms with van der Waals surface area (Å²) in [5, 5.41) is 4.54. The predicted molar refractivity (Wildman–Crippen MR) is 85.1 cm³/mol. The number of hydrogen-bond donors (Lipinski definition) is 0. The zero-order valence-corrected chi connectivity index (χ0v) is 13.5. The highest BCUT2D eigenvalue weighted by atomic mass is 35.5. The average Bonchev–Trinajstić information content (AvgIpc) is 2.83. The van der Waals surface area contributed by atoms with Gasteiger partial charge < -0.3 is 0 Å². The third-order valence-electron chi connectivity index (χ3n) is 3.78. The fraction of sp³-hybridized carbons (Fsp3) is 0.235. The summed E-state index contributed by atoms with van der Waals surface area (Å²) in [5.41, 5.74) is 0.879. The Balaban J connectivity index is 2.31. The number of halogens is 4. The van der Waals surface area contributed by atoms with Gasteiger partial charge in [-0.2, -0.15) is 5.10 Å². The molecule has 0 amide bonds. The summed E-state index contributed by atoms with van der Waals surface area (Å²) in [7, 11) is 1.67. The lowest BCUT2D eigenvalue weighted by Crippen LogP contribution is -1.99. The Morgan fingerprint density at radius 2 is 1.65 bits per heavy atom. The molecule has 0 saturated heterocycles. The molecule has 0 radical (unpaired) electrons. The molecule has 2 aromatic carbocycles. The molecule has 0 saturated carbocycles. The van der Waals surface area contributed by atoms with Gasteiger partial charge in [0.05, 0.1) is 0 Å². The minimum absolute atomic E-state index is 0.0191. The topological polar surface area (TPSA) is 17.8 Å². The van der Waals surface area contributed by atoms with E-state index in [1.54, 1.807) is 27.1 Å². The maximum Gasteiger partial charge on any atom is 0.144 e. The van der Waals surface area contributed by atoms with Gasteiger partial charge in [0, 0.05) is 24.2 Å². The highest BCUT2D eigenvalue weighted by Crippen LogP contribution is 2.36. The third-order valence-corrected chi connectivity index (χ3v) is 4.13. The largest absolute Gasteiger partial charge is 0.275 e. The van der Waals surface area contributed by atoms with Crippen molar-refractivity contribution >= 4 is 22.5 Å². The molecule has 0 aliphatic carbocycles. The van der Waals surface area contributed by atoms with Crippen molar-refractivity contribution in [2.75, 3.05) is 0 Å². The van der Waals surface area contributed by atoms with E-state index >= 15 is 0 Å². The highest BCUT2D eigenvalue weighted by molar-refractivity contribution is 6.35. The maximum absolute atomic E-state index is 14.3. The zero-order valence-electron chi connectivity index (χ0n) is 12.8. The molecule has 2 nitrogen and oxygen atoms in total. The summed E-state index contributed by atoms with van der Waals surface area (Å²) < 4.78 is 44.0. The minimum atomic E-state index is -0.679. The molecule has 1 aromatic heterocycles. The van der Waals surface area contributed by atoms with Crippen LogP contribution >= 0.6 is 11.6 Å². The van der Waals surface area contributed by atoms with Crippen molar-refractivity contribution in [3.8, 4) is 11.1 Å². The van der Waals surface area contributed by atoms with Crippen LogP contribution in [0.4, 0.5) is 13.2 Å². The Hall–Kier alpha value is -2.01. The van der Waals surface area contributed by atoms with Crippen molar-refractivity contribution in [2.45, 2.75) is 19.8 Å².